The Hall–Kier alpha value is 0.114. The Morgan fingerprint density at radius 1 is 0.719 bits per heavy atom. The number of hydrogen-bond donors (Lipinski definition) is 2. The highest BCUT2D eigenvalue weighted by Gasteiger charge is 2.32. The average molecular weight is 549 g/mol. The van der Waals surface area contributed by atoms with E-state index in [0.29, 0.717) is 0 Å². The first-order valence-corrected chi connectivity index (χ1v) is 19.2. The third kappa shape index (κ3) is 8.40. The van der Waals surface area contributed by atoms with E-state index in [1.807, 2.05) is 12.1 Å². The first kappa shape index (κ1) is 28.4. The Morgan fingerprint density at radius 3 is 1.34 bits per heavy atom. The third-order valence-electron chi connectivity index (χ3n) is 5.68. The number of benzene rings is 2. The van der Waals surface area contributed by atoms with Crippen LogP contribution in [-0.2, 0) is 17.7 Å². The van der Waals surface area contributed by atoms with E-state index < -0.39 is 26.7 Å². The maximum Gasteiger partial charge on any atom is 0.328 e. The number of rotatable bonds is 15. The lowest BCUT2D eigenvalue weighted by Crippen LogP contribution is -2.31. The third-order valence-corrected chi connectivity index (χ3v) is 19.5. The standard InChI is InChI=1S/C22H36O4S4Si2/c1-23-31(24-2)21(19-11-7-5-8-12-19)15-17-30(28,29-27)18-16-22(32(25-3)26-4)20-13-9-6-10-14-20/h5-14,21-22,27-28,31-32H,15-18H2,1-4H3. The summed E-state index contributed by atoms with van der Waals surface area (Å²) < 4.78 is 23.1. The fourth-order valence-corrected chi connectivity index (χ4v) is 12.7. The van der Waals surface area contributed by atoms with E-state index >= 15 is 0 Å². The topological polar surface area (TPSA) is 36.9 Å². The van der Waals surface area contributed by atoms with Gasteiger partial charge in [0.1, 0.15) is 0 Å². The summed E-state index contributed by atoms with van der Waals surface area (Å²) in [5, 5.41) is 0. The van der Waals surface area contributed by atoms with E-state index in [4.69, 9.17) is 29.4 Å². The van der Waals surface area contributed by atoms with Gasteiger partial charge in [-0.15, -0.1) is 31.4 Å². The lowest BCUT2D eigenvalue weighted by Gasteiger charge is -2.35. The van der Waals surface area contributed by atoms with Crippen LogP contribution in [0.15, 0.2) is 60.7 Å². The SMILES string of the molecule is CO[SiH](OC)C(CCS(S)(CCC(c1ccccc1)[SiH](OC)OC)SS)c1ccccc1. The van der Waals surface area contributed by atoms with Crippen LogP contribution in [0.4, 0.5) is 0 Å². The van der Waals surface area contributed by atoms with Crippen LogP contribution in [0.3, 0.4) is 0 Å². The molecule has 0 N–H and O–H groups in total. The molecule has 2 rings (SSSR count). The molecule has 0 saturated heterocycles. The summed E-state index contributed by atoms with van der Waals surface area (Å²) in [6.45, 7) is 0. The molecule has 0 fully saturated rings. The largest absolute Gasteiger partial charge is 0.400 e. The minimum Gasteiger partial charge on any atom is -0.400 e. The van der Waals surface area contributed by atoms with Crippen LogP contribution in [0.5, 0.6) is 0 Å². The maximum atomic E-state index is 5.78. The van der Waals surface area contributed by atoms with Crippen LogP contribution in [0.2, 0.25) is 0 Å². The first-order chi connectivity index (χ1) is 15.5. The van der Waals surface area contributed by atoms with E-state index in [1.165, 1.54) is 11.1 Å². The average Bonchev–Trinajstić information content (AvgIpc) is 2.85. The molecular formula is C22H36O4S4Si2. The van der Waals surface area contributed by atoms with E-state index in [2.05, 4.69) is 60.2 Å². The van der Waals surface area contributed by atoms with Crippen molar-refractivity contribution in [2.24, 2.45) is 0 Å². The van der Waals surface area contributed by atoms with Gasteiger partial charge in [-0.05, 0) is 45.3 Å². The van der Waals surface area contributed by atoms with E-state index in [9.17, 15) is 0 Å². The highest BCUT2D eigenvalue weighted by molar-refractivity contribution is 9.33. The van der Waals surface area contributed by atoms with Crippen LogP contribution in [0, 0.1) is 0 Å². The minimum atomic E-state index is -1.84. The Kier molecular flexibility index (Phi) is 13.4. The summed E-state index contributed by atoms with van der Waals surface area (Å²) in [6.07, 6.45) is 1.95. The van der Waals surface area contributed by atoms with Gasteiger partial charge in [0.25, 0.3) is 0 Å². The lowest BCUT2D eigenvalue weighted by atomic mass is 10.1. The van der Waals surface area contributed by atoms with Crippen molar-refractivity contribution in [1.29, 1.82) is 0 Å². The van der Waals surface area contributed by atoms with Gasteiger partial charge in [0.2, 0.25) is 0 Å². The van der Waals surface area contributed by atoms with Crippen molar-refractivity contribution in [3.63, 3.8) is 0 Å². The monoisotopic (exact) mass is 548 g/mol. The molecule has 0 amide bonds. The maximum absolute atomic E-state index is 5.78. The van der Waals surface area contributed by atoms with Crippen molar-refractivity contribution in [2.45, 2.75) is 23.9 Å². The summed E-state index contributed by atoms with van der Waals surface area (Å²) in [7, 11) is 3.69. The van der Waals surface area contributed by atoms with Gasteiger partial charge in [0.15, 0.2) is 0 Å². The Labute approximate surface area is 212 Å². The van der Waals surface area contributed by atoms with Gasteiger partial charge in [0.05, 0.1) is 0 Å². The van der Waals surface area contributed by atoms with Gasteiger partial charge in [0, 0.05) is 39.5 Å². The van der Waals surface area contributed by atoms with Crippen LogP contribution in [0.1, 0.15) is 35.1 Å². The first-order valence-electron chi connectivity index (χ1n) is 10.6. The predicted molar refractivity (Wildman–Crippen MR) is 153 cm³/mol. The van der Waals surface area contributed by atoms with Gasteiger partial charge in [-0.1, -0.05) is 60.7 Å². The molecule has 0 aliphatic heterocycles. The zero-order chi connectivity index (χ0) is 23.4. The second-order valence-electron chi connectivity index (χ2n) is 7.55. The molecule has 0 radical (unpaired) electrons. The van der Waals surface area contributed by atoms with Gasteiger partial charge in [-0.25, -0.2) is 0 Å². The molecule has 10 heteroatoms. The van der Waals surface area contributed by atoms with Crippen molar-refractivity contribution in [3.05, 3.63) is 71.8 Å². The van der Waals surface area contributed by atoms with Gasteiger partial charge < -0.3 is 17.7 Å². The minimum absolute atomic E-state index is 0.274. The summed E-state index contributed by atoms with van der Waals surface area (Å²) in [5.41, 5.74) is 3.10. The molecule has 0 bridgehead atoms. The summed E-state index contributed by atoms with van der Waals surface area (Å²) in [4.78, 5) is 0. The summed E-state index contributed by atoms with van der Waals surface area (Å²) in [5.74, 6) is 1.96. The van der Waals surface area contributed by atoms with E-state index in [0.717, 1.165) is 24.3 Å². The summed E-state index contributed by atoms with van der Waals surface area (Å²) >= 11 is 9.84. The molecule has 0 heterocycles. The molecule has 32 heavy (non-hydrogen) atoms. The number of thiol groups is 2. The molecule has 0 aliphatic carbocycles. The molecule has 2 aromatic carbocycles. The fourth-order valence-electron chi connectivity index (χ4n) is 3.97. The Bertz CT molecular complexity index is 693. The quantitative estimate of drug-likeness (QED) is 0.173. The zero-order valence-corrected chi connectivity index (χ0v) is 25.0. The van der Waals surface area contributed by atoms with Crippen molar-refractivity contribution < 1.29 is 17.7 Å². The van der Waals surface area contributed by atoms with Gasteiger partial charge in [-0.3, -0.25) is 0 Å². The molecule has 0 saturated carbocycles. The molecule has 2 aromatic rings. The lowest BCUT2D eigenvalue weighted by molar-refractivity contribution is 0.265. The van der Waals surface area contributed by atoms with Crippen LogP contribution < -0.4 is 0 Å². The zero-order valence-electron chi connectivity index (χ0n) is 19.3. The molecule has 0 aliphatic rings. The highest BCUT2D eigenvalue weighted by atomic mass is 33.7. The van der Waals surface area contributed by atoms with Crippen LogP contribution >= 0.6 is 41.2 Å². The number of hydrogen-bond acceptors (Lipinski definition) is 7. The normalized spacial score (nSPS) is 16.6. The van der Waals surface area contributed by atoms with Gasteiger partial charge in [-0.2, -0.15) is 0 Å². The predicted octanol–water partition coefficient (Wildman–Crippen LogP) is 5.58. The molecule has 0 aromatic heterocycles. The molecule has 2 unspecified atom stereocenters. The van der Waals surface area contributed by atoms with Gasteiger partial charge >= 0.3 is 18.6 Å². The summed E-state index contributed by atoms with van der Waals surface area (Å²) in [6, 6.07) is 21.1. The van der Waals surface area contributed by atoms with Crippen molar-refractivity contribution in [3.8, 4) is 0 Å². The van der Waals surface area contributed by atoms with Crippen LogP contribution in [-0.4, -0.2) is 58.5 Å². The Morgan fingerprint density at radius 2 is 1.06 bits per heavy atom. The van der Waals surface area contributed by atoms with E-state index in [-0.39, 0.29) is 11.1 Å². The smallest absolute Gasteiger partial charge is 0.328 e. The molecular weight excluding hydrogens is 513 g/mol. The second kappa shape index (κ2) is 15.2. The van der Waals surface area contributed by atoms with Crippen molar-refractivity contribution in [1.82, 2.24) is 0 Å². The van der Waals surface area contributed by atoms with E-state index in [1.54, 1.807) is 38.3 Å². The fraction of sp³-hybridized carbons (Fsp3) is 0.455. The highest BCUT2D eigenvalue weighted by Crippen LogP contribution is 2.67. The Balaban J connectivity index is 2.13. The van der Waals surface area contributed by atoms with Crippen LogP contribution in [0.25, 0.3) is 0 Å². The second-order valence-corrected chi connectivity index (χ2v) is 21.6. The van der Waals surface area contributed by atoms with Crippen molar-refractivity contribution >= 4 is 59.8 Å². The molecule has 4 nitrogen and oxygen atoms in total. The molecule has 0 spiro atoms. The molecule has 180 valence electrons. The molecule has 2 atom stereocenters. The van der Waals surface area contributed by atoms with Crippen molar-refractivity contribution in [2.75, 3.05) is 39.9 Å².